The molecule has 0 fully saturated rings. The fraction of sp³-hybridized carbons (Fsp3) is 0. The first kappa shape index (κ1) is 13.3. The average molecular weight is 276 g/mol. The van der Waals surface area contributed by atoms with Crippen LogP contribution in [-0.2, 0) is 0 Å². The Bertz CT molecular complexity index is 602. The molecule has 2 rings (SSSR count). The van der Waals surface area contributed by atoms with E-state index in [9.17, 15) is 15.0 Å². The molecule has 0 unspecified atom stereocenters. The van der Waals surface area contributed by atoms with E-state index in [2.05, 4.69) is 10.6 Å². The van der Waals surface area contributed by atoms with E-state index in [0.29, 0.717) is 0 Å². The van der Waals surface area contributed by atoms with Gasteiger partial charge in [-0.15, -0.1) is 0 Å². The number of amides is 2. The Balaban J connectivity index is 2.04. The lowest BCUT2D eigenvalue weighted by atomic mass is 10.2. The van der Waals surface area contributed by atoms with Crippen LogP contribution in [0.2, 0.25) is 0 Å². The minimum atomic E-state index is -0.611. The Labute approximate surface area is 113 Å². The highest BCUT2D eigenvalue weighted by molar-refractivity contribution is 6.00. The van der Waals surface area contributed by atoms with Crippen LogP contribution < -0.4 is 10.6 Å². The Kier molecular flexibility index (Phi) is 3.52. The van der Waals surface area contributed by atoms with Gasteiger partial charge in [-0.3, -0.25) is 0 Å². The van der Waals surface area contributed by atoms with Crippen LogP contribution in [0.3, 0.4) is 0 Å². The second-order valence-electron chi connectivity index (χ2n) is 3.99. The quantitative estimate of drug-likeness (QED) is 0.370. The van der Waals surface area contributed by atoms with Crippen molar-refractivity contribution in [3.05, 3.63) is 36.4 Å². The van der Waals surface area contributed by atoms with Crippen LogP contribution in [0.1, 0.15) is 0 Å². The Morgan fingerprint density at radius 3 is 1.45 bits per heavy atom. The first-order valence-corrected chi connectivity index (χ1v) is 5.57. The molecule has 0 atom stereocenters. The third-order valence-corrected chi connectivity index (χ3v) is 2.47. The molecule has 0 aliphatic carbocycles. The predicted molar refractivity (Wildman–Crippen MR) is 72.2 cm³/mol. The number of aromatic hydroxyl groups is 4. The second kappa shape index (κ2) is 5.27. The van der Waals surface area contributed by atoms with E-state index in [4.69, 9.17) is 10.2 Å². The lowest BCUT2D eigenvalue weighted by molar-refractivity contribution is 0.262. The number of anilines is 2. The molecule has 0 aromatic heterocycles. The van der Waals surface area contributed by atoms with Crippen LogP contribution in [0.4, 0.5) is 16.2 Å². The fourth-order valence-corrected chi connectivity index (χ4v) is 1.50. The highest BCUT2D eigenvalue weighted by Crippen LogP contribution is 2.28. The van der Waals surface area contributed by atoms with Gasteiger partial charge in [0.25, 0.3) is 0 Å². The third-order valence-electron chi connectivity index (χ3n) is 2.47. The molecule has 2 amide bonds. The zero-order valence-electron chi connectivity index (χ0n) is 10.2. The second-order valence-corrected chi connectivity index (χ2v) is 3.99. The summed E-state index contributed by atoms with van der Waals surface area (Å²) in [6.45, 7) is 0. The lowest BCUT2D eigenvalue weighted by Crippen LogP contribution is -2.19. The number of phenolic OH excluding ortho intramolecular Hbond substituents is 4. The fourth-order valence-electron chi connectivity index (χ4n) is 1.50. The summed E-state index contributed by atoms with van der Waals surface area (Å²) < 4.78 is 0. The number of phenols is 4. The number of hydrogen-bond acceptors (Lipinski definition) is 5. The zero-order chi connectivity index (χ0) is 14.7. The zero-order valence-corrected chi connectivity index (χ0v) is 10.2. The Hall–Kier alpha value is -3.09. The molecular formula is C13H12N2O5. The van der Waals surface area contributed by atoms with Crippen molar-refractivity contribution in [1.82, 2.24) is 0 Å². The molecule has 0 saturated carbocycles. The van der Waals surface area contributed by atoms with Gasteiger partial charge in [-0.25, -0.2) is 4.79 Å². The van der Waals surface area contributed by atoms with Crippen molar-refractivity contribution in [3.63, 3.8) is 0 Å². The monoisotopic (exact) mass is 276 g/mol. The van der Waals surface area contributed by atoms with Crippen molar-refractivity contribution in [2.75, 3.05) is 10.6 Å². The molecular weight excluding hydrogens is 264 g/mol. The Morgan fingerprint density at radius 1 is 0.700 bits per heavy atom. The van der Waals surface area contributed by atoms with Crippen molar-refractivity contribution in [2.24, 2.45) is 0 Å². The smallest absolute Gasteiger partial charge is 0.323 e. The van der Waals surface area contributed by atoms with Gasteiger partial charge >= 0.3 is 6.03 Å². The standard InChI is InChI=1S/C13H12N2O5/c16-9-3-1-7(5-11(9)18)14-13(20)15-8-2-4-10(17)12(19)6-8/h1-6,16-19H,(H2,14,15,20). The van der Waals surface area contributed by atoms with Gasteiger partial charge in [-0.05, 0) is 24.3 Å². The average Bonchev–Trinajstić information content (AvgIpc) is 2.38. The number of carbonyl (C=O) groups excluding carboxylic acids is 1. The van der Waals surface area contributed by atoms with Crippen LogP contribution in [0.15, 0.2) is 36.4 Å². The molecule has 104 valence electrons. The third kappa shape index (κ3) is 3.02. The van der Waals surface area contributed by atoms with Crippen molar-refractivity contribution in [1.29, 1.82) is 0 Å². The summed E-state index contributed by atoms with van der Waals surface area (Å²) in [4.78, 5) is 11.7. The van der Waals surface area contributed by atoms with E-state index in [0.717, 1.165) is 0 Å². The Morgan fingerprint density at radius 2 is 1.10 bits per heavy atom. The maximum absolute atomic E-state index is 11.7. The van der Waals surface area contributed by atoms with Crippen LogP contribution >= 0.6 is 0 Å². The van der Waals surface area contributed by atoms with Gasteiger partial charge in [0.15, 0.2) is 23.0 Å². The number of nitrogens with one attached hydrogen (secondary N) is 2. The predicted octanol–water partition coefficient (Wildman–Crippen LogP) is 2.15. The summed E-state index contributed by atoms with van der Waals surface area (Å²) in [6, 6.07) is 7.03. The molecule has 0 saturated heterocycles. The van der Waals surface area contributed by atoms with Crippen molar-refractivity contribution in [3.8, 4) is 23.0 Å². The van der Waals surface area contributed by atoms with Gasteiger partial charge < -0.3 is 31.1 Å². The molecule has 0 radical (unpaired) electrons. The molecule has 0 aliphatic rings. The van der Waals surface area contributed by atoms with Gasteiger partial charge in [0, 0.05) is 23.5 Å². The molecule has 7 heteroatoms. The van der Waals surface area contributed by atoms with Crippen LogP contribution in [0.5, 0.6) is 23.0 Å². The largest absolute Gasteiger partial charge is 0.504 e. The number of carbonyl (C=O) groups is 1. The van der Waals surface area contributed by atoms with Crippen LogP contribution in [0, 0.1) is 0 Å². The highest BCUT2D eigenvalue weighted by Gasteiger charge is 2.07. The highest BCUT2D eigenvalue weighted by atomic mass is 16.3. The summed E-state index contributed by atoms with van der Waals surface area (Å²) in [7, 11) is 0. The van der Waals surface area contributed by atoms with Gasteiger partial charge in [-0.2, -0.15) is 0 Å². The van der Waals surface area contributed by atoms with Crippen molar-refractivity contribution < 1.29 is 25.2 Å². The maximum atomic E-state index is 11.7. The lowest BCUT2D eigenvalue weighted by Gasteiger charge is -2.09. The van der Waals surface area contributed by atoms with Crippen molar-refractivity contribution >= 4 is 17.4 Å². The van der Waals surface area contributed by atoms with Crippen LogP contribution in [0.25, 0.3) is 0 Å². The first-order chi connectivity index (χ1) is 9.45. The molecule has 7 nitrogen and oxygen atoms in total. The molecule has 6 N–H and O–H groups in total. The number of benzene rings is 2. The van der Waals surface area contributed by atoms with Gasteiger partial charge in [0.1, 0.15) is 0 Å². The van der Waals surface area contributed by atoms with E-state index < -0.39 is 6.03 Å². The number of hydrogen-bond donors (Lipinski definition) is 6. The summed E-state index contributed by atoms with van der Waals surface area (Å²) in [6.07, 6.45) is 0. The molecule has 2 aromatic rings. The molecule has 2 aromatic carbocycles. The summed E-state index contributed by atoms with van der Waals surface area (Å²) >= 11 is 0. The molecule has 20 heavy (non-hydrogen) atoms. The molecule has 0 bridgehead atoms. The summed E-state index contributed by atoms with van der Waals surface area (Å²) in [5.41, 5.74) is 0.557. The summed E-state index contributed by atoms with van der Waals surface area (Å²) in [5.74, 6) is -1.30. The minimum absolute atomic E-state index is 0.279. The van der Waals surface area contributed by atoms with E-state index in [1.165, 1.54) is 36.4 Å². The molecule has 0 aliphatic heterocycles. The van der Waals surface area contributed by atoms with Crippen molar-refractivity contribution in [2.45, 2.75) is 0 Å². The van der Waals surface area contributed by atoms with Crippen LogP contribution in [-0.4, -0.2) is 26.5 Å². The molecule has 0 spiro atoms. The SMILES string of the molecule is O=C(Nc1ccc(O)c(O)c1)Nc1ccc(O)c(O)c1. The van der Waals surface area contributed by atoms with E-state index in [-0.39, 0.29) is 34.4 Å². The number of urea groups is 1. The van der Waals surface area contributed by atoms with E-state index in [1.807, 2.05) is 0 Å². The topological polar surface area (TPSA) is 122 Å². The first-order valence-electron chi connectivity index (χ1n) is 5.57. The van der Waals surface area contributed by atoms with E-state index in [1.54, 1.807) is 0 Å². The minimum Gasteiger partial charge on any atom is -0.504 e. The van der Waals surface area contributed by atoms with Gasteiger partial charge in [-0.1, -0.05) is 0 Å². The van der Waals surface area contributed by atoms with Gasteiger partial charge in [0.2, 0.25) is 0 Å². The summed E-state index contributed by atoms with van der Waals surface area (Å²) in [5, 5.41) is 41.7. The normalized spacial score (nSPS) is 10.0. The molecule has 0 heterocycles. The van der Waals surface area contributed by atoms with Gasteiger partial charge in [0.05, 0.1) is 0 Å². The van der Waals surface area contributed by atoms with E-state index >= 15 is 0 Å². The maximum Gasteiger partial charge on any atom is 0.323 e. The number of rotatable bonds is 2.